The molecule has 0 aromatic heterocycles. The minimum Gasteiger partial charge on any atom is -0.339 e. The van der Waals surface area contributed by atoms with Gasteiger partial charge in [0.1, 0.15) is 0 Å². The Morgan fingerprint density at radius 3 is 2.75 bits per heavy atom. The number of carbonyl (C=O) groups excluding carboxylic acids is 1. The second-order valence-corrected chi connectivity index (χ2v) is 6.17. The molecule has 0 heterocycles. The van der Waals surface area contributed by atoms with E-state index in [1.54, 1.807) is 0 Å². The molecule has 2 rings (SSSR count). The van der Waals surface area contributed by atoms with Crippen molar-refractivity contribution in [2.45, 2.75) is 44.7 Å². The number of carbonyl (C=O) groups is 1. The molecule has 0 spiro atoms. The molecule has 1 aliphatic rings. The average molecular weight is 295 g/mol. The van der Waals surface area contributed by atoms with Gasteiger partial charge in [0.25, 0.3) is 0 Å². The van der Waals surface area contributed by atoms with Gasteiger partial charge in [-0.1, -0.05) is 36.6 Å². The molecule has 1 saturated carbocycles. The number of amides is 1. The third-order valence-electron chi connectivity index (χ3n) is 4.40. The van der Waals surface area contributed by atoms with Crippen molar-refractivity contribution < 1.29 is 4.79 Å². The molecule has 0 aliphatic heterocycles. The van der Waals surface area contributed by atoms with E-state index in [4.69, 9.17) is 17.3 Å². The zero-order chi connectivity index (χ0) is 14.7. The third kappa shape index (κ3) is 3.33. The van der Waals surface area contributed by atoms with Gasteiger partial charge >= 0.3 is 0 Å². The molecule has 110 valence electrons. The molecule has 1 fully saturated rings. The molecule has 1 aromatic carbocycles. The zero-order valence-corrected chi connectivity index (χ0v) is 12.9. The summed E-state index contributed by atoms with van der Waals surface area (Å²) in [5, 5.41) is 0.699. The van der Waals surface area contributed by atoms with E-state index in [1.165, 1.54) is 0 Å². The highest BCUT2D eigenvalue weighted by atomic mass is 35.5. The number of nitrogens with zero attached hydrogens (tertiary/aromatic N) is 1. The molecule has 1 aromatic rings. The van der Waals surface area contributed by atoms with Crippen molar-refractivity contribution in [2.24, 2.45) is 11.7 Å². The van der Waals surface area contributed by atoms with Gasteiger partial charge in [0.15, 0.2) is 0 Å². The van der Waals surface area contributed by atoms with E-state index in [9.17, 15) is 4.79 Å². The van der Waals surface area contributed by atoms with Crippen LogP contribution in [0.2, 0.25) is 5.02 Å². The van der Waals surface area contributed by atoms with Crippen molar-refractivity contribution in [1.82, 2.24) is 4.90 Å². The van der Waals surface area contributed by atoms with Gasteiger partial charge in [-0.25, -0.2) is 0 Å². The summed E-state index contributed by atoms with van der Waals surface area (Å²) < 4.78 is 0. The lowest BCUT2D eigenvalue weighted by Gasteiger charge is -2.34. The van der Waals surface area contributed by atoms with Crippen molar-refractivity contribution in [3.8, 4) is 0 Å². The molecule has 0 radical (unpaired) electrons. The fourth-order valence-corrected chi connectivity index (χ4v) is 3.11. The van der Waals surface area contributed by atoms with Gasteiger partial charge < -0.3 is 10.6 Å². The normalized spacial score (nSPS) is 24.2. The fourth-order valence-electron chi connectivity index (χ4n) is 2.91. The minimum atomic E-state index is -0.0321. The monoisotopic (exact) mass is 294 g/mol. The van der Waals surface area contributed by atoms with E-state index in [0.29, 0.717) is 5.02 Å². The third-order valence-corrected chi connectivity index (χ3v) is 4.63. The topological polar surface area (TPSA) is 46.3 Å². The quantitative estimate of drug-likeness (QED) is 0.929. The number of hydrogen-bond acceptors (Lipinski definition) is 2. The molecule has 0 saturated heterocycles. The molecule has 4 heteroatoms. The van der Waals surface area contributed by atoms with Crippen LogP contribution in [-0.4, -0.2) is 23.9 Å². The molecule has 0 bridgehead atoms. The lowest BCUT2D eigenvalue weighted by atomic mass is 9.84. The summed E-state index contributed by atoms with van der Waals surface area (Å²) >= 11 is 6.02. The van der Waals surface area contributed by atoms with E-state index in [1.807, 2.05) is 43.1 Å². The Labute approximate surface area is 126 Å². The van der Waals surface area contributed by atoms with Crippen molar-refractivity contribution in [1.29, 1.82) is 0 Å². The van der Waals surface area contributed by atoms with Crippen LogP contribution >= 0.6 is 11.6 Å². The lowest BCUT2D eigenvalue weighted by Crippen LogP contribution is -2.45. The van der Waals surface area contributed by atoms with Crippen LogP contribution in [0.5, 0.6) is 0 Å². The van der Waals surface area contributed by atoms with Gasteiger partial charge in [-0.3, -0.25) is 4.79 Å². The summed E-state index contributed by atoms with van der Waals surface area (Å²) in [7, 11) is 1.86. The molecule has 20 heavy (non-hydrogen) atoms. The van der Waals surface area contributed by atoms with Crippen LogP contribution in [0.3, 0.4) is 0 Å². The Morgan fingerprint density at radius 1 is 1.40 bits per heavy atom. The fraction of sp³-hybridized carbons (Fsp3) is 0.562. The van der Waals surface area contributed by atoms with Crippen LogP contribution in [0.1, 0.15) is 44.2 Å². The molecule has 1 amide bonds. The van der Waals surface area contributed by atoms with Crippen LogP contribution in [0.15, 0.2) is 24.3 Å². The summed E-state index contributed by atoms with van der Waals surface area (Å²) in [4.78, 5) is 14.4. The molecule has 3 atom stereocenters. The first-order valence-corrected chi connectivity index (χ1v) is 7.66. The number of benzene rings is 1. The second-order valence-electron chi connectivity index (χ2n) is 5.73. The minimum absolute atomic E-state index is 0.00487. The number of hydrogen-bond donors (Lipinski definition) is 1. The van der Waals surface area contributed by atoms with Crippen LogP contribution in [-0.2, 0) is 4.79 Å². The summed E-state index contributed by atoms with van der Waals surface area (Å²) in [5.74, 6) is 0.125. The van der Waals surface area contributed by atoms with Crippen molar-refractivity contribution >= 4 is 17.5 Å². The molecular weight excluding hydrogens is 272 g/mol. The zero-order valence-electron chi connectivity index (χ0n) is 12.2. The Hall–Kier alpha value is -1.06. The molecule has 3 nitrogen and oxygen atoms in total. The highest BCUT2D eigenvalue weighted by Crippen LogP contribution is 2.28. The van der Waals surface area contributed by atoms with Gasteiger partial charge in [0, 0.05) is 18.1 Å². The van der Waals surface area contributed by atoms with Gasteiger partial charge in [0.05, 0.1) is 12.0 Å². The van der Waals surface area contributed by atoms with Crippen LogP contribution in [0.4, 0.5) is 0 Å². The Morgan fingerprint density at radius 2 is 2.10 bits per heavy atom. The molecular formula is C16H23ClN2O. The first-order chi connectivity index (χ1) is 9.50. The number of nitrogens with two attached hydrogens (primary N) is 1. The SMILES string of the molecule is CC(c1cccc(Cl)c1)N(C)C(=O)C1CCCCC1N. The predicted molar refractivity (Wildman–Crippen MR) is 82.6 cm³/mol. The molecule has 3 unspecified atom stereocenters. The summed E-state index contributed by atoms with van der Waals surface area (Å²) in [6.45, 7) is 2.03. The lowest BCUT2D eigenvalue weighted by molar-refractivity contribution is -0.137. The van der Waals surface area contributed by atoms with Crippen molar-refractivity contribution in [3.63, 3.8) is 0 Å². The average Bonchev–Trinajstić information content (AvgIpc) is 2.45. The highest BCUT2D eigenvalue weighted by Gasteiger charge is 2.32. The van der Waals surface area contributed by atoms with Gasteiger partial charge in [0.2, 0.25) is 5.91 Å². The van der Waals surface area contributed by atoms with E-state index in [2.05, 4.69) is 0 Å². The first kappa shape index (κ1) is 15.3. The Kier molecular flexibility index (Phi) is 5.06. The van der Waals surface area contributed by atoms with E-state index >= 15 is 0 Å². The second kappa shape index (κ2) is 6.59. The summed E-state index contributed by atoms with van der Waals surface area (Å²) in [5.41, 5.74) is 7.17. The van der Waals surface area contributed by atoms with Crippen LogP contribution in [0.25, 0.3) is 0 Å². The standard InChI is InChI=1S/C16H23ClN2O/c1-11(12-6-5-7-13(17)10-12)19(2)16(20)14-8-3-4-9-15(14)18/h5-7,10-11,14-15H,3-4,8-9,18H2,1-2H3. The maximum absolute atomic E-state index is 12.6. The first-order valence-electron chi connectivity index (χ1n) is 7.28. The summed E-state index contributed by atoms with van der Waals surface area (Å²) in [6.07, 6.45) is 4.10. The Balaban J connectivity index is 2.09. The van der Waals surface area contributed by atoms with Crippen LogP contribution < -0.4 is 5.73 Å². The Bertz CT molecular complexity index is 477. The van der Waals surface area contributed by atoms with Gasteiger partial charge in [-0.05, 0) is 37.5 Å². The molecule has 1 aliphatic carbocycles. The maximum atomic E-state index is 12.6. The van der Waals surface area contributed by atoms with E-state index < -0.39 is 0 Å². The van der Waals surface area contributed by atoms with Gasteiger partial charge in [-0.2, -0.15) is 0 Å². The maximum Gasteiger partial charge on any atom is 0.227 e. The number of halogens is 1. The van der Waals surface area contributed by atoms with Crippen molar-refractivity contribution in [3.05, 3.63) is 34.9 Å². The van der Waals surface area contributed by atoms with Crippen molar-refractivity contribution in [2.75, 3.05) is 7.05 Å². The highest BCUT2D eigenvalue weighted by molar-refractivity contribution is 6.30. The van der Waals surface area contributed by atoms with E-state index in [0.717, 1.165) is 31.2 Å². The summed E-state index contributed by atoms with van der Waals surface area (Å²) in [6, 6.07) is 7.69. The van der Waals surface area contributed by atoms with Crippen LogP contribution in [0, 0.1) is 5.92 Å². The molecule has 2 N–H and O–H groups in total. The smallest absolute Gasteiger partial charge is 0.227 e. The largest absolute Gasteiger partial charge is 0.339 e. The van der Waals surface area contributed by atoms with E-state index in [-0.39, 0.29) is 23.9 Å². The van der Waals surface area contributed by atoms with Gasteiger partial charge in [-0.15, -0.1) is 0 Å². The number of rotatable bonds is 3. The predicted octanol–water partition coefficient (Wildman–Crippen LogP) is 3.38.